The fraction of sp³-hybridized carbons (Fsp3) is 0.385. The van der Waals surface area contributed by atoms with Crippen LogP contribution < -0.4 is 0 Å². The van der Waals surface area contributed by atoms with Crippen LogP contribution in [0.5, 0.6) is 0 Å². The van der Waals surface area contributed by atoms with Gasteiger partial charge in [0.1, 0.15) is 0 Å². The Kier molecular flexibility index (Phi) is 3.54. The van der Waals surface area contributed by atoms with Gasteiger partial charge in [0, 0.05) is 7.11 Å². The highest BCUT2D eigenvalue weighted by Gasteiger charge is 2.13. The Balaban J connectivity index is 2.30. The fourth-order valence-electron chi connectivity index (χ4n) is 1.88. The van der Waals surface area contributed by atoms with Crippen LogP contribution in [0.2, 0.25) is 0 Å². The molecule has 0 saturated heterocycles. The summed E-state index contributed by atoms with van der Waals surface area (Å²) in [5.74, 6) is 0. The maximum atomic E-state index is 5.50. The van der Waals surface area contributed by atoms with Crippen molar-refractivity contribution < 1.29 is 9.47 Å². The van der Waals surface area contributed by atoms with Gasteiger partial charge >= 0.3 is 0 Å². The highest BCUT2D eigenvalue weighted by Crippen LogP contribution is 2.25. The quantitative estimate of drug-likeness (QED) is 0.753. The molecule has 0 aliphatic carbocycles. The molecular weight excluding hydrogens is 188 g/mol. The van der Waals surface area contributed by atoms with Crippen molar-refractivity contribution in [3.63, 3.8) is 0 Å². The monoisotopic (exact) mass is 204 g/mol. The molecule has 0 spiro atoms. The molecule has 0 unspecified atom stereocenters. The molecule has 2 heteroatoms. The Hall–Kier alpha value is -1.12. The standard InChI is InChI=1S/C13H16O2/c1-14-9-12-7-8-15-10-13(12)11-5-3-2-4-6-11/h2-6H,7-10H2,1H3. The van der Waals surface area contributed by atoms with Crippen LogP contribution in [0.15, 0.2) is 35.9 Å². The number of ether oxygens (including phenoxy) is 2. The van der Waals surface area contributed by atoms with E-state index in [-0.39, 0.29) is 0 Å². The fourth-order valence-corrected chi connectivity index (χ4v) is 1.88. The number of hydrogen-bond acceptors (Lipinski definition) is 2. The number of rotatable bonds is 3. The molecule has 1 heterocycles. The van der Waals surface area contributed by atoms with Crippen LogP contribution in [-0.2, 0) is 9.47 Å². The van der Waals surface area contributed by atoms with Crippen molar-refractivity contribution in [1.29, 1.82) is 0 Å². The second-order valence-electron chi connectivity index (χ2n) is 3.68. The van der Waals surface area contributed by atoms with Crippen molar-refractivity contribution in [2.45, 2.75) is 6.42 Å². The predicted molar refractivity (Wildman–Crippen MR) is 60.7 cm³/mol. The number of benzene rings is 1. The van der Waals surface area contributed by atoms with Gasteiger partial charge in [0.25, 0.3) is 0 Å². The summed E-state index contributed by atoms with van der Waals surface area (Å²) in [5, 5.41) is 0. The van der Waals surface area contributed by atoms with Gasteiger partial charge < -0.3 is 9.47 Å². The molecule has 1 aliphatic heterocycles. The van der Waals surface area contributed by atoms with E-state index < -0.39 is 0 Å². The summed E-state index contributed by atoms with van der Waals surface area (Å²) in [6.45, 7) is 2.24. The number of methoxy groups -OCH3 is 1. The Morgan fingerprint density at radius 1 is 1.27 bits per heavy atom. The first kappa shape index (κ1) is 10.4. The van der Waals surface area contributed by atoms with Crippen molar-refractivity contribution in [3.8, 4) is 0 Å². The minimum Gasteiger partial charge on any atom is -0.380 e. The molecule has 15 heavy (non-hydrogen) atoms. The zero-order valence-electron chi connectivity index (χ0n) is 9.03. The van der Waals surface area contributed by atoms with Gasteiger partial charge in [-0.2, -0.15) is 0 Å². The topological polar surface area (TPSA) is 18.5 Å². The molecule has 2 nitrogen and oxygen atoms in total. The van der Waals surface area contributed by atoms with Crippen molar-refractivity contribution >= 4 is 5.57 Å². The molecule has 80 valence electrons. The smallest absolute Gasteiger partial charge is 0.0723 e. The Bertz CT molecular complexity index is 341. The third-order valence-corrected chi connectivity index (χ3v) is 2.66. The van der Waals surface area contributed by atoms with Crippen molar-refractivity contribution in [3.05, 3.63) is 41.5 Å². The molecule has 0 atom stereocenters. The minimum absolute atomic E-state index is 0.711. The van der Waals surface area contributed by atoms with Crippen LogP contribution >= 0.6 is 0 Å². The first-order valence-corrected chi connectivity index (χ1v) is 5.25. The predicted octanol–water partition coefficient (Wildman–Crippen LogP) is 2.51. The van der Waals surface area contributed by atoms with Crippen LogP contribution in [0.3, 0.4) is 0 Å². The summed E-state index contributed by atoms with van der Waals surface area (Å²) in [5.41, 5.74) is 3.92. The van der Waals surface area contributed by atoms with E-state index >= 15 is 0 Å². The van der Waals surface area contributed by atoms with E-state index in [4.69, 9.17) is 9.47 Å². The third-order valence-electron chi connectivity index (χ3n) is 2.66. The average molecular weight is 204 g/mol. The summed E-state index contributed by atoms with van der Waals surface area (Å²) in [7, 11) is 1.74. The molecule has 1 aromatic rings. The van der Waals surface area contributed by atoms with E-state index in [1.165, 1.54) is 16.7 Å². The molecule has 1 aliphatic rings. The Labute approximate surface area is 90.5 Å². The molecule has 0 saturated carbocycles. The molecule has 0 amide bonds. The van der Waals surface area contributed by atoms with Crippen molar-refractivity contribution in [2.75, 3.05) is 26.9 Å². The largest absolute Gasteiger partial charge is 0.380 e. The van der Waals surface area contributed by atoms with Crippen LogP contribution in [0.4, 0.5) is 0 Å². The van der Waals surface area contributed by atoms with E-state index in [2.05, 4.69) is 24.3 Å². The first-order valence-electron chi connectivity index (χ1n) is 5.25. The zero-order valence-corrected chi connectivity index (χ0v) is 9.03. The first-order chi connectivity index (χ1) is 7.42. The summed E-state index contributed by atoms with van der Waals surface area (Å²) in [6, 6.07) is 10.4. The van der Waals surface area contributed by atoms with E-state index in [0.717, 1.165) is 13.0 Å². The van der Waals surface area contributed by atoms with Gasteiger partial charge in [-0.1, -0.05) is 30.3 Å². The van der Waals surface area contributed by atoms with Crippen molar-refractivity contribution in [2.24, 2.45) is 0 Å². The maximum Gasteiger partial charge on any atom is 0.0723 e. The SMILES string of the molecule is COCC1=C(c2ccccc2)COCC1. The lowest BCUT2D eigenvalue weighted by molar-refractivity contribution is 0.149. The lowest BCUT2D eigenvalue weighted by Gasteiger charge is -2.20. The molecule has 1 aromatic carbocycles. The molecular formula is C13H16O2. The third kappa shape index (κ3) is 2.46. The lowest BCUT2D eigenvalue weighted by Crippen LogP contribution is -2.13. The summed E-state index contributed by atoms with van der Waals surface area (Å²) < 4.78 is 10.7. The normalized spacial score (nSPS) is 16.9. The van der Waals surface area contributed by atoms with E-state index in [0.29, 0.717) is 13.2 Å². The van der Waals surface area contributed by atoms with Gasteiger partial charge in [0.2, 0.25) is 0 Å². The van der Waals surface area contributed by atoms with E-state index in [9.17, 15) is 0 Å². The molecule has 0 bridgehead atoms. The van der Waals surface area contributed by atoms with Gasteiger partial charge in [0.05, 0.1) is 19.8 Å². The van der Waals surface area contributed by atoms with Crippen LogP contribution in [0.1, 0.15) is 12.0 Å². The summed E-state index contributed by atoms with van der Waals surface area (Å²) in [6.07, 6.45) is 0.984. The number of hydrogen-bond donors (Lipinski definition) is 0. The van der Waals surface area contributed by atoms with E-state index in [1.54, 1.807) is 7.11 Å². The maximum absolute atomic E-state index is 5.50. The molecule has 0 aromatic heterocycles. The summed E-state index contributed by atoms with van der Waals surface area (Å²) in [4.78, 5) is 0. The van der Waals surface area contributed by atoms with Gasteiger partial charge in [-0.25, -0.2) is 0 Å². The van der Waals surface area contributed by atoms with Gasteiger partial charge in [-0.05, 0) is 23.1 Å². The van der Waals surface area contributed by atoms with Crippen molar-refractivity contribution in [1.82, 2.24) is 0 Å². The second-order valence-corrected chi connectivity index (χ2v) is 3.68. The Morgan fingerprint density at radius 3 is 2.80 bits per heavy atom. The molecule has 0 radical (unpaired) electrons. The molecule has 0 N–H and O–H groups in total. The van der Waals surface area contributed by atoms with Crippen LogP contribution in [0, 0.1) is 0 Å². The minimum atomic E-state index is 0.711. The van der Waals surface area contributed by atoms with Gasteiger partial charge in [-0.3, -0.25) is 0 Å². The van der Waals surface area contributed by atoms with Gasteiger partial charge in [-0.15, -0.1) is 0 Å². The molecule has 2 rings (SSSR count). The lowest BCUT2D eigenvalue weighted by atomic mass is 9.97. The van der Waals surface area contributed by atoms with Crippen LogP contribution in [0.25, 0.3) is 5.57 Å². The summed E-state index contributed by atoms with van der Waals surface area (Å²) >= 11 is 0. The van der Waals surface area contributed by atoms with E-state index in [1.807, 2.05) is 6.07 Å². The molecule has 0 fully saturated rings. The highest BCUT2D eigenvalue weighted by molar-refractivity contribution is 5.70. The average Bonchev–Trinajstić information content (AvgIpc) is 2.31. The highest BCUT2D eigenvalue weighted by atomic mass is 16.5. The zero-order chi connectivity index (χ0) is 10.5. The Morgan fingerprint density at radius 2 is 2.07 bits per heavy atom. The second kappa shape index (κ2) is 5.10. The van der Waals surface area contributed by atoms with Gasteiger partial charge in [0.15, 0.2) is 0 Å². The van der Waals surface area contributed by atoms with Crippen LogP contribution in [-0.4, -0.2) is 26.9 Å².